The molecule has 3 rings (SSSR count). The van der Waals surface area contributed by atoms with E-state index < -0.39 is 10.0 Å². The van der Waals surface area contributed by atoms with Gasteiger partial charge < -0.3 is 4.74 Å². The Balaban J connectivity index is 1.67. The standard InChI is InChI=1S/C17H22N4O4S2/c1-12(2)11-15-19-20-17(26-15)18-16(22)13-3-5-14(6-4-13)27(23,24)21-7-9-25-10-8-21/h3-6,12H,7-11H2,1-2H3,(H,18,20,22). The van der Waals surface area contributed by atoms with Crippen molar-refractivity contribution in [3.05, 3.63) is 34.8 Å². The number of hydrogen-bond donors (Lipinski definition) is 1. The average Bonchev–Trinajstić information content (AvgIpc) is 3.08. The lowest BCUT2D eigenvalue weighted by Gasteiger charge is -2.26. The third-order valence-corrected chi connectivity index (χ3v) is 6.77. The Morgan fingerprint density at radius 1 is 1.22 bits per heavy atom. The van der Waals surface area contributed by atoms with Gasteiger partial charge in [-0.15, -0.1) is 10.2 Å². The number of anilines is 1. The second kappa shape index (κ2) is 8.42. The summed E-state index contributed by atoms with van der Waals surface area (Å²) in [5, 5.41) is 12.0. The van der Waals surface area contributed by atoms with Gasteiger partial charge in [-0.1, -0.05) is 25.2 Å². The third kappa shape index (κ3) is 4.89. The van der Waals surface area contributed by atoms with Gasteiger partial charge in [0.2, 0.25) is 15.2 Å². The molecule has 1 N–H and O–H groups in total. The first-order chi connectivity index (χ1) is 12.9. The highest BCUT2D eigenvalue weighted by Gasteiger charge is 2.26. The molecular weight excluding hydrogens is 388 g/mol. The van der Waals surface area contributed by atoms with E-state index in [4.69, 9.17) is 4.74 Å². The molecule has 0 radical (unpaired) electrons. The fourth-order valence-electron chi connectivity index (χ4n) is 2.62. The zero-order chi connectivity index (χ0) is 19.4. The van der Waals surface area contributed by atoms with Gasteiger partial charge in [0.1, 0.15) is 5.01 Å². The van der Waals surface area contributed by atoms with E-state index in [0.29, 0.717) is 42.9 Å². The fraction of sp³-hybridized carbons (Fsp3) is 0.471. The van der Waals surface area contributed by atoms with Crippen LogP contribution in [0, 0.1) is 5.92 Å². The summed E-state index contributed by atoms with van der Waals surface area (Å²) in [5.74, 6) is 0.111. The number of aromatic nitrogens is 2. The van der Waals surface area contributed by atoms with Crippen LogP contribution in [0.2, 0.25) is 0 Å². The van der Waals surface area contributed by atoms with Gasteiger partial charge in [0.15, 0.2) is 0 Å². The number of amides is 1. The van der Waals surface area contributed by atoms with Crippen molar-refractivity contribution in [2.45, 2.75) is 25.2 Å². The summed E-state index contributed by atoms with van der Waals surface area (Å²) >= 11 is 1.34. The molecule has 8 nitrogen and oxygen atoms in total. The highest BCUT2D eigenvalue weighted by molar-refractivity contribution is 7.89. The lowest BCUT2D eigenvalue weighted by atomic mass is 10.1. The summed E-state index contributed by atoms with van der Waals surface area (Å²) in [6, 6.07) is 5.89. The van der Waals surface area contributed by atoms with Crippen molar-refractivity contribution >= 4 is 32.4 Å². The molecule has 2 heterocycles. The maximum atomic E-state index is 12.6. The van der Waals surface area contributed by atoms with E-state index in [-0.39, 0.29) is 10.8 Å². The SMILES string of the molecule is CC(C)Cc1nnc(NC(=O)c2ccc(S(=O)(=O)N3CCOCC3)cc2)s1. The van der Waals surface area contributed by atoms with Crippen LogP contribution in [0.25, 0.3) is 0 Å². The molecule has 0 aliphatic carbocycles. The number of morpholine rings is 1. The number of ether oxygens (including phenoxy) is 1. The first-order valence-corrected chi connectivity index (χ1v) is 10.9. The first kappa shape index (κ1) is 19.9. The third-order valence-electron chi connectivity index (χ3n) is 3.99. The number of hydrogen-bond acceptors (Lipinski definition) is 7. The Hall–Kier alpha value is -1.88. The van der Waals surface area contributed by atoms with E-state index in [1.54, 1.807) is 0 Å². The Morgan fingerprint density at radius 2 is 1.89 bits per heavy atom. The maximum absolute atomic E-state index is 12.6. The number of nitrogens with one attached hydrogen (secondary N) is 1. The summed E-state index contributed by atoms with van der Waals surface area (Å²) in [6.45, 7) is 5.62. The molecule has 0 saturated carbocycles. The van der Waals surface area contributed by atoms with Crippen LogP contribution in [0.15, 0.2) is 29.2 Å². The Morgan fingerprint density at radius 3 is 2.52 bits per heavy atom. The van der Waals surface area contributed by atoms with Crippen molar-refractivity contribution < 1.29 is 17.9 Å². The number of rotatable bonds is 6. The van der Waals surface area contributed by atoms with E-state index in [2.05, 4.69) is 29.4 Å². The lowest BCUT2D eigenvalue weighted by Crippen LogP contribution is -2.40. The van der Waals surface area contributed by atoms with Crippen molar-refractivity contribution in [1.82, 2.24) is 14.5 Å². The average molecular weight is 411 g/mol. The van der Waals surface area contributed by atoms with Crippen LogP contribution in [0.3, 0.4) is 0 Å². The van der Waals surface area contributed by atoms with Crippen LogP contribution in [0.1, 0.15) is 29.2 Å². The Bertz CT molecular complexity index is 888. The molecule has 1 aromatic heterocycles. The lowest BCUT2D eigenvalue weighted by molar-refractivity contribution is 0.0730. The zero-order valence-corrected chi connectivity index (χ0v) is 16.8. The van der Waals surface area contributed by atoms with Crippen molar-refractivity contribution in [3.8, 4) is 0 Å². The van der Waals surface area contributed by atoms with Gasteiger partial charge in [0.25, 0.3) is 5.91 Å². The molecule has 1 amide bonds. The van der Waals surface area contributed by atoms with Gasteiger partial charge in [-0.25, -0.2) is 8.42 Å². The maximum Gasteiger partial charge on any atom is 0.257 e. The van der Waals surface area contributed by atoms with E-state index in [0.717, 1.165) is 11.4 Å². The zero-order valence-electron chi connectivity index (χ0n) is 15.2. The largest absolute Gasteiger partial charge is 0.379 e. The van der Waals surface area contributed by atoms with Gasteiger partial charge in [0, 0.05) is 25.1 Å². The van der Waals surface area contributed by atoms with Crippen molar-refractivity contribution in [3.63, 3.8) is 0 Å². The van der Waals surface area contributed by atoms with Crippen LogP contribution >= 0.6 is 11.3 Å². The van der Waals surface area contributed by atoms with E-state index in [9.17, 15) is 13.2 Å². The van der Waals surface area contributed by atoms with Gasteiger partial charge in [-0.3, -0.25) is 10.1 Å². The molecular formula is C17H22N4O4S2. The Labute approximate surface area is 162 Å². The molecule has 1 aliphatic heterocycles. The van der Waals surface area contributed by atoms with E-state index >= 15 is 0 Å². The first-order valence-electron chi connectivity index (χ1n) is 8.68. The summed E-state index contributed by atoms with van der Waals surface area (Å²) in [7, 11) is -3.57. The van der Waals surface area contributed by atoms with Gasteiger partial charge >= 0.3 is 0 Å². The molecule has 0 bridgehead atoms. The Kier molecular flexibility index (Phi) is 6.20. The molecule has 10 heteroatoms. The second-order valence-corrected chi connectivity index (χ2v) is 9.59. The smallest absolute Gasteiger partial charge is 0.257 e. The second-order valence-electron chi connectivity index (χ2n) is 6.59. The molecule has 27 heavy (non-hydrogen) atoms. The summed E-state index contributed by atoms with van der Waals surface area (Å²) in [4.78, 5) is 12.5. The van der Waals surface area contributed by atoms with Crippen LogP contribution in [0.5, 0.6) is 0 Å². The number of benzene rings is 1. The molecule has 1 aromatic carbocycles. The minimum atomic E-state index is -3.57. The minimum Gasteiger partial charge on any atom is -0.379 e. The van der Waals surface area contributed by atoms with Gasteiger partial charge in [0.05, 0.1) is 18.1 Å². The van der Waals surface area contributed by atoms with E-state index in [1.165, 1.54) is 39.9 Å². The van der Waals surface area contributed by atoms with Crippen molar-refractivity contribution in [1.29, 1.82) is 0 Å². The molecule has 2 aromatic rings. The normalized spacial score (nSPS) is 15.8. The molecule has 0 spiro atoms. The van der Waals surface area contributed by atoms with Crippen molar-refractivity contribution in [2.75, 3.05) is 31.6 Å². The molecule has 0 unspecified atom stereocenters. The number of nitrogens with zero attached hydrogens (tertiary/aromatic N) is 3. The van der Waals surface area contributed by atoms with Crippen LogP contribution in [0.4, 0.5) is 5.13 Å². The molecule has 1 saturated heterocycles. The van der Waals surface area contributed by atoms with Crippen LogP contribution < -0.4 is 5.32 Å². The molecule has 1 fully saturated rings. The van der Waals surface area contributed by atoms with Gasteiger partial charge in [-0.2, -0.15) is 4.31 Å². The molecule has 146 valence electrons. The fourth-order valence-corrected chi connectivity index (χ4v) is 4.97. The number of carbonyl (C=O) groups is 1. The highest BCUT2D eigenvalue weighted by Crippen LogP contribution is 2.21. The van der Waals surface area contributed by atoms with Crippen LogP contribution in [-0.2, 0) is 21.2 Å². The monoisotopic (exact) mass is 410 g/mol. The predicted octanol–water partition coefficient (Wildman–Crippen LogP) is 2.01. The van der Waals surface area contributed by atoms with E-state index in [1.807, 2.05) is 0 Å². The minimum absolute atomic E-state index is 0.163. The van der Waals surface area contributed by atoms with Crippen molar-refractivity contribution in [2.24, 2.45) is 5.92 Å². The van der Waals surface area contributed by atoms with Gasteiger partial charge in [-0.05, 0) is 30.2 Å². The topological polar surface area (TPSA) is 101 Å². The summed E-state index contributed by atoms with van der Waals surface area (Å²) in [6.07, 6.45) is 0.807. The number of carbonyl (C=O) groups excluding carboxylic acids is 1. The predicted molar refractivity (Wildman–Crippen MR) is 102 cm³/mol. The highest BCUT2D eigenvalue weighted by atomic mass is 32.2. The summed E-state index contributed by atoms with van der Waals surface area (Å²) < 4.78 is 31.8. The van der Waals surface area contributed by atoms with Crippen LogP contribution in [-0.4, -0.2) is 55.1 Å². The quantitative estimate of drug-likeness (QED) is 0.782. The number of sulfonamides is 1. The molecule has 1 aliphatic rings. The molecule has 0 atom stereocenters. The summed E-state index contributed by atoms with van der Waals surface area (Å²) in [5.41, 5.74) is 0.358.